The zero-order valence-corrected chi connectivity index (χ0v) is 32.7. The van der Waals surface area contributed by atoms with Gasteiger partial charge in [0.25, 0.3) is 0 Å². The van der Waals surface area contributed by atoms with E-state index in [9.17, 15) is 9.18 Å². The fraction of sp³-hybridized carbons (Fsp3) is 0.364. The molecule has 0 amide bonds. The van der Waals surface area contributed by atoms with Crippen molar-refractivity contribution < 1.29 is 23.0 Å². The molecular weight excluding hydrogens is 743 g/mol. The van der Waals surface area contributed by atoms with Crippen LogP contribution in [0.1, 0.15) is 43.9 Å². The number of rotatable bonds is 15. The number of piperazine rings is 1. The lowest BCUT2D eigenvalue weighted by Crippen LogP contribution is -2.46. The number of anilines is 2. The predicted octanol–water partition coefficient (Wildman–Crippen LogP) is 6.80. The van der Waals surface area contributed by atoms with Crippen LogP contribution in [0.3, 0.4) is 0 Å². The summed E-state index contributed by atoms with van der Waals surface area (Å²) in [6.07, 6.45) is 5.57. The second-order valence-corrected chi connectivity index (χ2v) is 15.1. The van der Waals surface area contributed by atoms with Gasteiger partial charge in [-0.15, -0.1) is 0 Å². The summed E-state index contributed by atoms with van der Waals surface area (Å²) in [7, 11) is 0. The summed E-state index contributed by atoms with van der Waals surface area (Å²) in [6.45, 7) is 8.91. The van der Waals surface area contributed by atoms with Gasteiger partial charge in [0.05, 0.1) is 44.2 Å². The minimum Gasteiger partial charge on any atom is -0.493 e. The molecule has 0 aliphatic carbocycles. The van der Waals surface area contributed by atoms with Crippen LogP contribution in [0.4, 0.5) is 20.2 Å². The first-order chi connectivity index (χ1) is 28.3. The first-order valence-corrected chi connectivity index (χ1v) is 19.9. The summed E-state index contributed by atoms with van der Waals surface area (Å²) >= 11 is 0. The van der Waals surface area contributed by atoms with E-state index in [0.29, 0.717) is 38.2 Å². The van der Waals surface area contributed by atoms with E-state index in [1.807, 2.05) is 68.4 Å². The number of ether oxygens (including phenoxy) is 3. The molecule has 12 nitrogen and oxygen atoms in total. The highest BCUT2D eigenvalue weighted by molar-refractivity contribution is 5.54. The Balaban J connectivity index is 0.828. The minimum atomic E-state index is -1.02. The number of hydrogen-bond acceptors (Lipinski definition) is 9. The number of nitrogens with zero attached hydrogens (tertiary/aromatic N) is 8. The maximum absolute atomic E-state index is 15.0. The molecule has 302 valence electrons. The molecule has 58 heavy (non-hydrogen) atoms. The Morgan fingerprint density at radius 1 is 0.862 bits per heavy atom. The van der Waals surface area contributed by atoms with Crippen LogP contribution in [0.5, 0.6) is 5.75 Å². The van der Waals surface area contributed by atoms with Crippen LogP contribution in [0.15, 0.2) is 121 Å². The molecule has 8 rings (SSSR count). The molecule has 2 aliphatic rings. The molecule has 0 bridgehead atoms. The molecule has 2 aromatic heterocycles. The van der Waals surface area contributed by atoms with Gasteiger partial charge < -0.3 is 24.0 Å². The Bertz CT molecular complexity index is 2300. The van der Waals surface area contributed by atoms with Crippen molar-refractivity contribution in [3.63, 3.8) is 0 Å². The molecule has 0 unspecified atom stereocenters. The summed E-state index contributed by atoms with van der Waals surface area (Å²) in [5, 5.41) is 8.68. The Morgan fingerprint density at radius 3 is 2.21 bits per heavy atom. The smallest absolute Gasteiger partial charge is 0.350 e. The first-order valence-electron chi connectivity index (χ1n) is 19.9. The Labute approximate surface area is 336 Å². The van der Waals surface area contributed by atoms with Crippen LogP contribution in [-0.2, 0) is 28.2 Å². The SMILES string of the molecule is CC[C@@H]([C@H](C)OCc1ccccc1)n1ncn(-c2ccc(N3CCN(c4ccc(OC[C@@H]5CO[C@@](Cn6cncn6)(c6ccc(F)cc6F)C5)cc4)CC3)cc2)c1=O. The van der Waals surface area contributed by atoms with Gasteiger partial charge in [0, 0.05) is 55.1 Å². The van der Waals surface area contributed by atoms with Crippen molar-refractivity contribution in [1.29, 1.82) is 0 Å². The van der Waals surface area contributed by atoms with E-state index in [2.05, 4.69) is 49.2 Å². The average Bonchev–Trinajstić information content (AvgIpc) is 4.02. The first kappa shape index (κ1) is 39.0. The number of hydrogen-bond donors (Lipinski definition) is 0. The van der Waals surface area contributed by atoms with Crippen molar-refractivity contribution in [3.05, 3.63) is 149 Å². The Hall–Kier alpha value is -5.86. The maximum Gasteiger partial charge on any atom is 0.350 e. The third-order valence-electron chi connectivity index (χ3n) is 11.3. The number of benzene rings is 4. The lowest BCUT2D eigenvalue weighted by atomic mass is 9.87. The molecule has 6 aromatic rings. The molecule has 4 atom stereocenters. The maximum atomic E-state index is 15.0. The van der Waals surface area contributed by atoms with Gasteiger partial charge in [0.15, 0.2) is 0 Å². The van der Waals surface area contributed by atoms with Gasteiger partial charge in [0.1, 0.15) is 42.0 Å². The molecule has 4 heterocycles. The predicted molar refractivity (Wildman–Crippen MR) is 216 cm³/mol. The lowest BCUT2D eigenvalue weighted by molar-refractivity contribution is -0.0206. The van der Waals surface area contributed by atoms with E-state index in [1.165, 1.54) is 18.5 Å². The van der Waals surface area contributed by atoms with E-state index >= 15 is 4.39 Å². The average molecular weight is 791 g/mol. The van der Waals surface area contributed by atoms with Gasteiger partial charge >= 0.3 is 5.69 Å². The molecule has 0 N–H and O–H groups in total. The van der Waals surface area contributed by atoms with Gasteiger partial charge in [-0.25, -0.2) is 32.5 Å². The minimum absolute atomic E-state index is 0.0128. The Morgan fingerprint density at radius 2 is 1.55 bits per heavy atom. The van der Waals surface area contributed by atoms with Crippen LogP contribution in [0.2, 0.25) is 0 Å². The van der Waals surface area contributed by atoms with Gasteiger partial charge in [-0.2, -0.15) is 10.2 Å². The fourth-order valence-corrected chi connectivity index (χ4v) is 8.14. The van der Waals surface area contributed by atoms with Crippen LogP contribution in [0, 0.1) is 17.6 Å². The molecule has 14 heteroatoms. The topological polar surface area (TPSA) is 105 Å². The van der Waals surface area contributed by atoms with Crippen LogP contribution < -0.4 is 20.2 Å². The van der Waals surface area contributed by atoms with Gasteiger partial charge in [-0.3, -0.25) is 0 Å². The van der Waals surface area contributed by atoms with Gasteiger partial charge in [-0.1, -0.05) is 43.3 Å². The largest absolute Gasteiger partial charge is 0.493 e. The molecule has 0 saturated carbocycles. The van der Waals surface area contributed by atoms with Gasteiger partial charge in [0.2, 0.25) is 0 Å². The summed E-state index contributed by atoms with van der Waals surface area (Å²) in [5.74, 6) is -0.555. The molecule has 2 aliphatic heterocycles. The normalized spacial score (nSPS) is 19.3. The highest BCUT2D eigenvalue weighted by Gasteiger charge is 2.44. The summed E-state index contributed by atoms with van der Waals surface area (Å²) in [6, 6.07) is 29.6. The van der Waals surface area contributed by atoms with E-state index in [4.69, 9.17) is 14.2 Å². The monoisotopic (exact) mass is 790 g/mol. The second kappa shape index (κ2) is 17.3. The van der Waals surface area contributed by atoms with E-state index < -0.39 is 17.2 Å². The van der Waals surface area contributed by atoms with Crippen molar-refractivity contribution in [2.45, 2.75) is 57.6 Å². The fourth-order valence-electron chi connectivity index (χ4n) is 8.14. The standard InChI is InChI=1S/C44H48F2N8O4/c1-3-42(32(2)56-25-33-7-5-4-6-8-33)54-43(55)53(31-49-54)38-12-10-36(11-13-38)50-19-21-51(22-20-50)37-14-16-39(17-15-37)57-26-34-24-44(58-27-34,28-52-30-47-29-48-52)40-18-9-35(45)23-41(40)46/h4-18,23,29-32,34,42H,3,19-22,24-28H2,1-2H3/t32-,34+,42-,44-/m0/s1. The van der Waals surface area contributed by atoms with Crippen LogP contribution >= 0.6 is 0 Å². The number of aromatic nitrogens is 6. The summed E-state index contributed by atoms with van der Waals surface area (Å²) in [5.41, 5.74) is 3.16. The quantitative estimate of drug-likeness (QED) is 0.111. The molecule has 0 spiro atoms. The zero-order valence-electron chi connectivity index (χ0n) is 32.7. The van der Waals surface area contributed by atoms with Crippen molar-refractivity contribution in [3.8, 4) is 11.4 Å². The van der Waals surface area contributed by atoms with Crippen molar-refractivity contribution in [2.75, 3.05) is 49.2 Å². The molecule has 2 fully saturated rings. The summed E-state index contributed by atoms with van der Waals surface area (Å²) in [4.78, 5) is 22.2. The van der Waals surface area contributed by atoms with Crippen molar-refractivity contribution in [1.82, 2.24) is 29.1 Å². The van der Waals surface area contributed by atoms with Gasteiger partial charge in [-0.05, 0) is 79.9 Å². The van der Waals surface area contributed by atoms with Crippen LogP contribution in [-0.4, -0.2) is 74.6 Å². The third-order valence-corrected chi connectivity index (χ3v) is 11.3. The van der Waals surface area contributed by atoms with Crippen LogP contribution in [0.25, 0.3) is 5.69 Å². The molecular formula is C44H48F2N8O4. The molecule has 4 aromatic carbocycles. The highest BCUT2D eigenvalue weighted by Crippen LogP contribution is 2.42. The number of halogens is 2. The van der Waals surface area contributed by atoms with Crippen molar-refractivity contribution in [2.24, 2.45) is 5.92 Å². The van der Waals surface area contributed by atoms with E-state index in [1.54, 1.807) is 26.6 Å². The second-order valence-electron chi connectivity index (χ2n) is 15.1. The highest BCUT2D eigenvalue weighted by atomic mass is 19.1. The summed E-state index contributed by atoms with van der Waals surface area (Å²) < 4.78 is 52.1. The molecule has 2 saturated heterocycles. The zero-order chi connectivity index (χ0) is 40.1. The third kappa shape index (κ3) is 8.53. The van der Waals surface area contributed by atoms with E-state index in [-0.39, 0.29) is 30.3 Å². The van der Waals surface area contributed by atoms with Crippen molar-refractivity contribution >= 4 is 11.4 Å². The Kier molecular flexibility index (Phi) is 11.6. The molecule has 0 radical (unpaired) electrons. The lowest BCUT2D eigenvalue weighted by Gasteiger charge is -2.37. The van der Waals surface area contributed by atoms with E-state index in [0.717, 1.165) is 60.6 Å².